The fourth-order valence-electron chi connectivity index (χ4n) is 11.2. The molecule has 0 fully saturated rings. The SMILES string of the molecule is CC(C)CCCCCCCCCCCCCCCCC(=O)O[C@H](COC(=O)CCCCCCCCCCC(C)C)COP(=O)(O)OCC(O)COP(=O)(O)OC[C@@H](COC(=O)CCCCCCCCCC(C)C)OC(=O)CCCCCCCCCCCCCCC(C)C. The van der Waals surface area contributed by atoms with Crippen molar-refractivity contribution in [1.82, 2.24) is 0 Å². The number of hydrogen-bond acceptors (Lipinski definition) is 15. The largest absolute Gasteiger partial charge is 0.472 e. The van der Waals surface area contributed by atoms with Crippen LogP contribution in [-0.2, 0) is 65.4 Å². The number of ether oxygens (including phenoxy) is 4. The molecule has 0 amide bonds. The Hall–Kier alpha value is -1.94. The topological polar surface area (TPSA) is 237 Å². The normalized spacial score (nSPS) is 14.2. The smallest absolute Gasteiger partial charge is 0.462 e. The fraction of sp³-hybridized carbons (Fsp3) is 0.946. The van der Waals surface area contributed by atoms with Gasteiger partial charge in [0.15, 0.2) is 12.2 Å². The summed E-state index contributed by atoms with van der Waals surface area (Å²) in [6.07, 6.45) is 47.3. The molecule has 0 aliphatic heterocycles. The Morgan fingerprint density at radius 3 is 0.667 bits per heavy atom. The summed E-state index contributed by atoms with van der Waals surface area (Å²) in [4.78, 5) is 72.7. The molecule has 17 nitrogen and oxygen atoms in total. The Morgan fingerprint density at radius 2 is 0.452 bits per heavy atom. The first kappa shape index (κ1) is 91.1. The van der Waals surface area contributed by atoms with E-state index in [-0.39, 0.29) is 25.7 Å². The third kappa shape index (κ3) is 68.4. The van der Waals surface area contributed by atoms with Gasteiger partial charge in [0.1, 0.15) is 19.3 Å². The second-order valence-corrected chi connectivity index (χ2v) is 31.5. The van der Waals surface area contributed by atoms with Gasteiger partial charge >= 0.3 is 39.5 Å². The summed E-state index contributed by atoms with van der Waals surface area (Å²) >= 11 is 0. The van der Waals surface area contributed by atoms with Crippen LogP contribution < -0.4 is 0 Å². The molecule has 0 aromatic carbocycles. The zero-order valence-electron chi connectivity index (χ0n) is 60.9. The highest BCUT2D eigenvalue weighted by Gasteiger charge is 2.30. The summed E-state index contributed by atoms with van der Waals surface area (Å²) in [6, 6.07) is 0. The van der Waals surface area contributed by atoms with Crippen molar-refractivity contribution in [3.05, 3.63) is 0 Å². The molecule has 3 unspecified atom stereocenters. The van der Waals surface area contributed by atoms with Crippen LogP contribution in [0, 0.1) is 23.7 Å². The number of esters is 4. The van der Waals surface area contributed by atoms with Gasteiger partial charge in [-0.25, -0.2) is 9.13 Å². The van der Waals surface area contributed by atoms with Crippen LogP contribution >= 0.6 is 15.6 Å². The molecule has 0 bridgehead atoms. The number of phosphoric acid groups is 2. The highest BCUT2D eigenvalue weighted by molar-refractivity contribution is 7.47. The maximum atomic E-state index is 13.1. The Labute approximate surface area is 568 Å². The van der Waals surface area contributed by atoms with Crippen molar-refractivity contribution in [1.29, 1.82) is 0 Å². The zero-order chi connectivity index (χ0) is 68.9. The molecule has 552 valence electrons. The van der Waals surface area contributed by atoms with Gasteiger partial charge in [-0.3, -0.25) is 37.3 Å². The van der Waals surface area contributed by atoms with Gasteiger partial charge in [0, 0.05) is 25.7 Å². The molecule has 19 heteroatoms. The lowest BCUT2D eigenvalue weighted by Crippen LogP contribution is -2.30. The third-order valence-electron chi connectivity index (χ3n) is 17.1. The molecule has 0 saturated carbocycles. The Kier molecular flexibility index (Phi) is 62.2. The molecule has 0 aliphatic rings. The number of carbonyl (C=O) groups excluding carboxylic acids is 4. The molecule has 0 radical (unpaired) electrons. The van der Waals surface area contributed by atoms with Crippen molar-refractivity contribution in [2.24, 2.45) is 23.7 Å². The maximum absolute atomic E-state index is 13.1. The van der Waals surface area contributed by atoms with E-state index in [0.29, 0.717) is 31.6 Å². The third-order valence-corrected chi connectivity index (χ3v) is 19.0. The Bertz CT molecular complexity index is 1830. The summed E-state index contributed by atoms with van der Waals surface area (Å²) in [6.45, 7) is 14.1. The van der Waals surface area contributed by atoms with Gasteiger partial charge in [0.25, 0.3) is 0 Å². The van der Waals surface area contributed by atoms with Crippen molar-refractivity contribution < 1.29 is 80.2 Å². The van der Waals surface area contributed by atoms with Gasteiger partial charge in [0.05, 0.1) is 26.4 Å². The van der Waals surface area contributed by atoms with Gasteiger partial charge in [-0.1, -0.05) is 319 Å². The lowest BCUT2D eigenvalue weighted by Gasteiger charge is -2.21. The molecular formula is C74H144O17P2. The number of rotatable bonds is 71. The van der Waals surface area contributed by atoms with Gasteiger partial charge in [-0.2, -0.15) is 0 Å². The van der Waals surface area contributed by atoms with Crippen LogP contribution in [0.3, 0.4) is 0 Å². The number of carbonyl (C=O) groups is 4. The molecule has 0 saturated heterocycles. The number of aliphatic hydroxyl groups is 1. The minimum absolute atomic E-state index is 0.106. The van der Waals surface area contributed by atoms with Crippen molar-refractivity contribution in [2.75, 3.05) is 39.6 Å². The Morgan fingerprint density at radius 1 is 0.269 bits per heavy atom. The highest BCUT2D eigenvalue weighted by atomic mass is 31.2. The van der Waals surface area contributed by atoms with Crippen LogP contribution in [0.15, 0.2) is 0 Å². The molecule has 0 spiro atoms. The molecular weight excluding hydrogens is 1220 g/mol. The van der Waals surface area contributed by atoms with Crippen LogP contribution in [-0.4, -0.2) is 96.7 Å². The van der Waals surface area contributed by atoms with E-state index in [9.17, 15) is 43.2 Å². The van der Waals surface area contributed by atoms with E-state index in [4.69, 9.17) is 37.0 Å². The standard InChI is InChI=1S/C74H144O17P2/c1-64(2)50-42-34-26-19-15-11-9-10-12-17-21-31-40-48-56-73(78)90-69(60-84-71(76)54-46-38-30-24-23-28-36-44-52-66(5)6)62-88-92(80,81)86-58-68(75)59-87-93(82,83)89-63-70(61-85-72(77)55-47-39-33-25-29-37-45-53-67(7)8)91-74(79)57-49-41-32-22-18-14-13-16-20-27-35-43-51-65(3)4/h64-70,75H,9-63H2,1-8H3,(H,80,81)(H,82,83)/t68?,69-,70-/m1/s1. The molecule has 0 rings (SSSR count). The molecule has 3 N–H and O–H groups in total. The number of aliphatic hydroxyl groups excluding tert-OH is 1. The zero-order valence-corrected chi connectivity index (χ0v) is 62.7. The van der Waals surface area contributed by atoms with Gasteiger partial charge in [-0.05, 0) is 49.4 Å². The molecule has 5 atom stereocenters. The van der Waals surface area contributed by atoms with Gasteiger partial charge in [0.2, 0.25) is 0 Å². The van der Waals surface area contributed by atoms with E-state index in [1.54, 1.807) is 0 Å². The minimum atomic E-state index is -4.96. The van der Waals surface area contributed by atoms with E-state index >= 15 is 0 Å². The van der Waals surface area contributed by atoms with Crippen molar-refractivity contribution >= 4 is 39.5 Å². The molecule has 0 aromatic rings. The summed E-state index contributed by atoms with van der Waals surface area (Å²) in [5.41, 5.74) is 0. The van der Waals surface area contributed by atoms with Crippen LogP contribution in [0.2, 0.25) is 0 Å². The lowest BCUT2D eigenvalue weighted by atomic mass is 10.0. The monoisotopic (exact) mass is 1370 g/mol. The number of phosphoric ester groups is 2. The average molecular weight is 1370 g/mol. The van der Waals surface area contributed by atoms with E-state index in [1.165, 1.54) is 167 Å². The van der Waals surface area contributed by atoms with Crippen molar-refractivity contribution in [3.63, 3.8) is 0 Å². The lowest BCUT2D eigenvalue weighted by molar-refractivity contribution is -0.161. The second-order valence-electron chi connectivity index (χ2n) is 28.6. The predicted molar refractivity (Wildman–Crippen MR) is 377 cm³/mol. The van der Waals surface area contributed by atoms with Crippen LogP contribution in [0.25, 0.3) is 0 Å². The van der Waals surface area contributed by atoms with Crippen LogP contribution in [0.5, 0.6) is 0 Å². The molecule has 0 aliphatic carbocycles. The summed E-state index contributed by atoms with van der Waals surface area (Å²) in [7, 11) is -9.91. The predicted octanol–water partition coefficient (Wildman–Crippen LogP) is 21.3. The Balaban J connectivity index is 5.24. The molecule has 0 aromatic heterocycles. The summed E-state index contributed by atoms with van der Waals surface area (Å²) in [5, 5.41) is 10.6. The van der Waals surface area contributed by atoms with Crippen molar-refractivity contribution in [3.8, 4) is 0 Å². The first-order valence-corrected chi connectivity index (χ1v) is 41.2. The van der Waals surface area contributed by atoms with Crippen LogP contribution in [0.1, 0.15) is 370 Å². The quantitative estimate of drug-likeness (QED) is 0.0222. The van der Waals surface area contributed by atoms with E-state index < -0.39 is 97.5 Å². The average Bonchev–Trinajstić information content (AvgIpc) is 2.07. The highest BCUT2D eigenvalue weighted by Crippen LogP contribution is 2.45. The summed E-state index contributed by atoms with van der Waals surface area (Å²) in [5.74, 6) is 0.879. The van der Waals surface area contributed by atoms with E-state index in [2.05, 4.69) is 55.4 Å². The van der Waals surface area contributed by atoms with E-state index in [1.807, 2.05) is 0 Å². The van der Waals surface area contributed by atoms with E-state index in [0.717, 1.165) is 114 Å². The van der Waals surface area contributed by atoms with Gasteiger partial charge < -0.3 is 33.8 Å². The summed E-state index contributed by atoms with van der Waals surface area (Å²) < 4.78 is 68.4. The first-order chi connectivity index (χ1) is 44.6. The molecule has 93 heavy (non-hydrogen) atoms. The molecule has 0 heterocycles. The van der Waals surface area contributed by atoms with Crippen molar-refractivity contribution in [2.45, 2.75) is 388 Å². The maximum Gasteiger partial charge on any atom is 0.472 e. The van der Waals surface area contributed by atoms with Crippen LogP contribution in [0.4, 0.5) is 0 Å². The van der Waals surface area contributed by atoms with Gasteiger partial charge in [-0.15, -0.1) is 0 Å². The fourth-order valence-corrected chi connectivity index (χ4v) is 12.8. The first-order valence-electron chi connectivity index (χ1n) is 38.2. The minimum Gasteiger partial charge on any atom is -0.462 e. The number of hydrogen-bond donors (Lipinski definition) is 3. The second kappa shape index (κ2) is 63.5. The number of unbranched alkanes of at least 4 members (excludes halogenated alkanes) is 37.